The Labute approximate surface area is 109 Å². The van der Waals surface area contributed by atoms with Gasteiger partial charge in [0, 0.05) is 5.54 Å². The molecular formula is C15H21NO2. The number of aliphatic hydroxyl groups is 1. The Morgan fingerprint density at radius 1 is 1.28 bits per heavy atom. The highest BCUT2D eigenvalue weighted by Crippen LogP contribution is 2.11. The molecule has 1 amide bonds. The van der Waals surface area contributed by atoms with E-state index in [1.807, 2.05) is 57.2 Å². The van der Waals surface area contributed by atoms with Gasteiger partial charge in [0.15, 0.2) is 6.10 Å². The molecule has 0 unspecified atom stereocenters. The minimum Gasteiger partial charge on any atom is -0.379 e. The molecule has 0 saturated carbocycles. The van der Waals surface area contributed by atoms with Crippen LogP contribution in [0.2, 0.25) is 0 Å². The smallest absolute Gasteiger partial charge is 0.253 e. The van der Waals surface area contributed by atoms with Crippen LogP contribution in [0.3, 0.4) is 0 Å². The van der Waals surface area contributed by atoms with E-state index in [0.717, 1.165) is 5.56 Å². The highest BCUT2D eigenvalue weighted by molar-refractivity contribution is 5.85. The van der Waals surface area contributed by atoms with E-state index in [4.69, 9.17) is 0 Å². The second-order valence-electron chi connectivity index (χ2n) is 5.44. The Morgan fingerprint density at radius 3 is 2.33 bits per heavy atom. The zero-order valence-electron chi connectivity index (χ0n) is 11.4. The third-order valence-electron chi connectivity index (χ3n) is 2.37. The monoisotopic (exact) mass is 247 g/mol. The fraction of sp³-hybridized carbons (Fsp3) is 0.400. The summed E-state index contributed by atoms with van der Waals surface area (Å²) in [6.07, 6.45) is 0.705. The third-order valence-corrected chi connectivity index (χ3v) is 2.37. The molecule has 0 aliphatic heterocycles. The molecular weight excluding hydrogens is 226 g/mol. The predicted octanol–water partition coefficient (Wildman–Crippen LogP) is 2.37. The first kappa shape index (κ1) is 14.5. The van der Waals surface area contributed by atoms with E-state index in [0.29, 0.717) is 5.57 Å². The lowest BCUT2D eigenvalue weighted by Gasteiger charge is -2.23. The fourth-order valence-corrected chi connectivity index (χ4v) is 1.54. The van der Waals surface area contributed by atoms with Crippen LogP contribution >= 0.6 is 0 Å². The lowest BCUT2D eigenvalue weighted by atomic mass is 10.0. The second-order valence-corrected chi connectivity index (χ2v) is 5.44. The van der Waals surface area contributed by atoms with E-state index >= 15 is 0 Å². The van der Waals surface area contributed by atoms with Crippen LogP contribution in [0.5, 0.6) is 0 Å². The number of hydrogen-bond donors (Lipinski definition) is 2. The van der Waals surface area contributed by atoms with Gasteiger partial charge >= 0.3 is 0 Å². The molecule has 0 aromatic heterocycles. The van der Waals surface area contributed by atoms with E-state index < -0.39 is 6.10 Å². The van der Waals surface area contributed by atoms with E-state index in [1.165, 1.54) is 0 Å². The lowest BCUT2D eigenvalue weighted by Crippen LogP contribution is -2.46. The summed E-state index contributed by atoms with van der Waals surface area (Å²) in [5.74, 6) is -0.368. The summed E-state index contributed by atoms with van der Waals surface area (Å²) >= 11 is 0. The van der Waals surface area contributed by atoms with Gasteiger partial charge in [-0.2, -0.15) is 0 Å². The van der Waals surface area contributed by atoms with Crippen LogP contribution in [-0.4, -0.2) is 22.7 Å². The van der Waals surface area contributed by atoms with Gasteiger partial charge in [-0.3, -0.25) is 4.79 Å². The maximum Gasteiger partial charge on any atom is 0.253 e. The van der Waals surface area contributed by atoms with Crippen molar-refractivity contribution in [3.8, 4) is 0 Å². The topological polar surface area (TPSA) is 49.3 Å². The van der Waals surface area contributed by atoms with Gasteiger partial charge < -0.3 is 10.4 Å². The number of hydrogen-bond acceptors (Lipinski definition) is 2. The molecule has 1 aromatic carbocycles. The first-order valence-corrected chi connectivity index (χ1v) is 6.03. The van der Waals surface area contributed by atoms with Gasteiger partial charge in [0.2, 0.25) is 0 Å². The minimum atomic E-state index is -1.11. The summed E-state index contributed by atoms with van der Waals surface area (Å²) < 4.78 is 0. The Bertz CT molecular complexity index is 430. The first-order chi connectivity index (χ1) is 8.29. The van der Waals surface area contributed by atoms with Crippen LogP contribution in [0.15, 0.2) is 35.9 Å². The summed E-state index contributed by atoms with van der Waals surface area (Å²) in [5, 5.41) is 12.7. The second kappa shape index (κ2) is 5.83. The molecule has 0 aliphatic rings. The lowest BCUT2D eigenvalue weighted by molar-refractivity contribution is -0.129. The van der Waals surface area contributed by atoms with Crippen molar-refractivity contribution in [1.29, 1.82) is 0 Å². The molecule has 0 aliphatic carbocycles. The van der Waals surface area contributed by atoms with Gasteiger partial charge in [0.1, 0.15) is 0 Å². The Hall–Kier alpha value is -1.61. The van der Waals surface area contributed by atoms with Crippen molar-refractivity contribution in [3.05, 3.63) is 41.5 Å². The fourth-order valence-electron chi connectivity index (χ4n) is 1.54. The van der Waals surface area contributed by atoms with Crippen LogP contribution in [0.1, 0.15) is 33.3 Å². The van der Waals surface area contributed by atoms with Crippen molar-refractivity contribution in [1.82, 2.24) is 5.32 Å². The number of carbonyl (C=O) groups is 1. The molecule has 98 valence electrons. The molecule has 0 saturated heterocycles. The van der Waals surface area contributed by atoms with Crippen LogP contribution in [0.25, 0.3) is 6.08 Å². The zero-order chi connectivity index (χ0) is 13.8. The molecule has 0 fully saturated rings. The molecule has 1 atom stereocenters. The average molecular weight is 247 g/mol. The van der Waals surface area contributed by atoms with E-state index in [1.54, 1.807) is 6.92 Å². The predicted molar refractivity (Wildman–Crippen MR) is 74.0 cm³/mol. The summed E-state index contributed by atoms with van der Waals surface area (Å²) in [4.78, 5) is 11.8. The van der Waals surface area contributed by atoms with E-state index in [2.05, 4.69) is 5.32 Å². The van der Waals surface area contributed by atoms with Gasteiger partial charge in [-0.25, -0.2) is 0 Å². The van der Waals surface area contributed by atoms with Crippen LogP contribution in [-0.2, 0) is 4.79 Å². The standard InChI is InChI=1S/C15H21NO2/c1-11(10-12-8-6-5-7-9-12)13(17)14(18)16-15(2,3)4/h5-10,13,17H,1-4H3,(H,16,18)/b11-10+/t13-/m0/s1. The Balaban J connectivity index is 2.75. The number of amides is 1. The summed E-state index contributed by atoms with van der Waals surface area (Å²) in [5.41, 5.74) is 1.26. The van der Waals surface area contributed by atoms with Gasteiger partial charge in [0.05, 0.1) is 0 Å². The molecule has 2 N–H and O–H groups in total. The minimum absolute atomic E-state index is 0.342. The largest absolute Gasteiger partial charge is 0.379 e. The van der Waals surface area contributed by atoms with Crippen molar-refractivity contribution < 1.29 is 9.90 Å². The van der Waals surface area contributed by atoms with Gasteiger partial charge in [-0.1, -0.05) is 36.4 Å². The van der Waals surface area contributed by atoms with Crippen molar-refractivity contribution in [3.63, 3.8) is 0 Å². The average Bonchev–Trinajstić information content (AvgIpc) is 2.27. The molecule has 18 heavy (non-hydrogen) atoms. The van der Waals surface area contributed by atoms with Crippen LogP contribution < -0.4 is 5.32 Å². The van der Waals surface area contributed by atoms with Crippen LogP contribution in [0.4, 0.5) is 0 Å². The van der Waals surface area contributed by atoms with Crippen molar-refractivity contribution in [2.75, 3.05) is 0 Å². The number of aliphatic hydroxyl groups excluding tert-OH is 1. The number of nitrogens with one attached hydrogen (secondary N) is 1. The van der Waals surface area contributed by atoms with Gasteiger partial charge in [-0.05, 0) is 38.8 Å². The highest BCUT2D eigenvalue weighted by Gasteiger charge is 2.21. The SMILES string of the molecule is C/C(=C\c1ccccc1)[C@H](O)C(=O)NC(C)(C)C. The number of rotatable bonds is 3. The number of carbonyl (C=O) groups excluding carboxylic acids is 1. The molecule has 1 rings (SSSR count). The van der Waals surface area contributed by atoms with E-state index in [-0.39, 0.29) is 11.4 Å². The highest BCUT2D eigenvalue weighted by atomic mass is 16.3. The summed E-state index contributed by atoms with van der Waals surface area (Å²) in [6, 6.07) is 9.62. The molecule has 3 heteroatoms. The quantitative estimate of drug-likeness (QED) is 0.861. The molecule has 0 heterocycles. The zero-order valence-corrected chi connectivity index (χ0v) is 11.4. The third kappa shape index (κ3) is 4.72. The molecule has 1 aromatic rings. The molecule has 3 nitrogen and oxygen atoms in total. The van der Waals surface area contributed by atoms with Crippen molar-refractivity contribution >= 4 is 12.0 Å². The van der Waals surface area contributed by atoms with Gasteiger partial charge in [0.25, 0.3) is 5.91 Å². The first-order valence-electron chi connectivity index (χ1n) is 6.03. The Kier molecular flexibility index (Phi) is 4.68. The Morgan fingerprint density at radius 2 is 1.83 bits per heavy atom. The maximum atomic E-state index is 11.8. The maximum absolute atomic E-state index is 11.8. The molecule has 0 bridgehead atoms. The number of benzene rings is 1. The summed E-state index contributed by atoms with van der Waals surface area (Å²) in [7, 11) is 0. The summed E-state index contributed by atoms with van der Waals surface area (Å²) in [6.45, 7) is 7.40. The van der Waals surface area contributed by atoms with Crippen LogP contribution in [0, 0.1) is 0 Å². The van der Waals surface area contributed by atoms with Gasteiger partial charge in [-0.15, -0.1) is 0 Å². The normalized spacial score (nSPS) is 14.2. The molecule has 0 spiro atoms. The van der Waals surface area contributed by atoms with Crippen molar-refractivity contribution in [2.24, 2.45) is 0 Å². The van der Waals surface area contributed by atoms with Crippen molar-refractivity contribution in [2.45, 2.75) is 39.3 Å². The molecule has 0 radical (unpaired) electrons. The van der Waals surface area contributed by atoms with E-state index in [9.17, 15) is 9.90 Å².